The SMILES string of the molecule is Cc1cnc(N)c([C@@H]2COCCN2)c1. The van der Waals surface area contributed by atoms with Crippen LogP contribution in [0.2, 0.25) is 0 Å². The Morgan fingerprint density at radius 3 is 3.21 bits per heavy atom. The van der Waals surface area contributed by atoms with Crippen LogP contribution in [0.3, 0.4) is 0 Å². The minimum Gasteiger partial charge on any atom is -0.383 e. The largest absolute Gasteiger partial charge is 0.383 e. The number of morpholine rings is 1. The number of nitrogens with two attached hydrogens (primary N) is 1. The summed E-state index contributed by atoms with van der Waals surface area (Å²) in [6, 6.07) is 2.26. The Bertz CT molecular complexity index is 321. The smallest absolute Gasteiger partial charge is 0.128 e. The highest BCUT2D eigenvalue weighted by Crippen LogP contribution is 2.21. The molecule has 1 saturated heterocycles. The summed E-state index contributed by atoms with van der Waals surface area (Å²) in [6.45, 7) is 4.34. The molecule has 4 heteroatoms. The molecule has 0 aromatic carbocycles. The quantitative estimate of drug-likeness (QED) is 0.687. The maximum atomic E-state index is 5.81. The first-order chi connectivity index (χ1) is 6.77. The van der Waals surface area contributed by atoms with Crippen LogP contribution in [-0.2, 0) is 4.74 Å². The van der Waals surface area contributed by atoms with Crippen LogP contribution in [-0.4, -0.2) is 24.7 Å². The molecule has 2 rings (SSSR count). The van der Waals surface area contributed by atoms with Crippen molar-refractivity contribution in [1.82, 2.24) is 10.3 Å². The van der Waals surface area contributed by atoms with Gasteiger partial charge < -0.3 is 15.8 Å². The van der Waals surface area contributed by atoms with Crippen LogP contribution in [0.1, 0.15) is 17.2 Å². The van der Waals surface area contributed by atoms with Crippen molar-refractivity contribution in [3.05, 3.63) is 23.4 Å². The Morgan fingerprint density at radius 1 is 1.64 bits per heavy atom. The maximum Gasteiger partial charge on any atom is 0.128 e. The molecule has 1 aliphatic rings. The van der Waals surface area contributed by atoms with E-state index in [0.717, 1.165) is 24.3 Å². The zero-order chi connectivity index (χ0) is 9.97. The van der Waals surface area contributed by atoms with Gasteiger partial charge in [-0.25, -0.2) is 4.98 Å². The normalized spacial score (nSPS) is 22.2. The molecule has 1 aromatic rings. The van der Waals surface area contributed by atoms with Gasteiger partial charge in [-0.2, -0.15) is 0 Å². The third-order valence-electron chi connectivity index (χ3n) is 2.38. The second-order valence-electron chi connectivity index (χ2n) is 3.57. The minimum atomic E-state index is 0.191. The predicted octanol–water partition coefficient (Wildman–Crippen LogP) is 0.633. The van der Waals surface area contributed by atoms with E-state index in [4.69, 9.17) is 10.5 Å². The highest BCUT2D eigenvalue weighted by atomic mass is 16.5. The van der Waals surface area contributed by atoms with Crippen molar-refractivity contribution in [2.24, 2.45) is 0 Å². The van der Waals surface area contributed by atoms with Gasteiger partial charge in [0.25, 0.3) is 0 Å². The summed E-state index contributed by atoms with van der Waals surface area (Å²) in [5.41, 5.74) is 7.99. The number of hydrogen-bond donors (Lipinski definition) is 2. The molecule has 0 amide bonds. The topological polar surface area (TPSA) is 60.2 Å². The van der Waals surface area contributed by atoms with E-state index in [-0.39, 0.29) is 6.04 Å². The molecule has 0 radical (unpaired) electrons. The Labute approximate surface area is 83.5 Å². The lowest BCUT2D eigenvalue weighted by atomic mass is 10.1. The zero-order valence-corrected chi connectivity index (χ0v) is 8.29. The van der Waals surface area contributed by atoms with E-state index in [0.29, 0.717) is 12.4 Å². The fraction of sp³-hybridized carbons (Fsp3) is 0.500. The summed E-state index contributed by atoms with van der Waals surface area (Å²) in [4.78, 5) is 4.14. The van der Waals surface area contributed by atoms with Crippen molar-refractivity contribution >= 4 is 5.82 Å². The van der Waals surface area contributed by atoms with Crippen LogP contribution in [0.5, 0.6) is 0 Å². The fourth-order valence-electron chi connectivity index (χ4n) is 1.65. The minimum absolute atomic E-state index is 0.191. The van der Waals surface area contributed by atoms with E-state index in [1.807, 2.05) is 6.92 Å². The van der Waals surface area contributed by atoms with Gasteiger partial charge in [0.15, 0.2) is 0 Å². The van der Waals surface area contributed by atoms with Crippen LogP contribution in [0.4, 0.5) is 5.82 Å². The fourth-order valence-corrected chi connectivity index (χ4v) is 1.65. The molecule has 0 spiro atoms. The van der Waals surface area contributed by atoms with Crippen molar-refractivity contribution in [3.8, 4) is 0 Å². The number of ether oxygens (including phenoxy) is 1. The third kappa shape index (κ3) is 1.86. The van der Waals surface area contributed by atoms with Crippen molar-refractivity contribution in [2.45, 2.75) is 13.0 Å². The zero-order valence-electron chi connectivity index (χ0n) is 8.29. The maximum absolute atomic E-state index is 5.81. The molecule has 0 saturated carbocycles. The van der Waals surface area contributed by atoms with Crippen LogP contribution in [0.15, 0.2) is 12.3 Å². The summed E-state index contributed by atoms with van der Waals surface area (Å²) in [5.74, 6) is 0.596. The average Bonchev–Trinajstić information content (AvgIpc) is 2.23. The Morgan fingerprint density at radius 2 is 2.50 bits per heavy atom. The standard InChI is InChI=1S/C10H15N3O/c1-7-4-8(10(11)13-5-7)9-6-14-3-2-12-9/h4-5,9,12H,2-3,6H2,1H3,(H2,11,13)/t9-/m0/s1. The number of aryl methyl sites for hydroxylation is 1. The molecule has 0 bridgehead atoms. The highest BCUT2D eigenvalue weighted by Gasteiger charge is 2.17. The number of hydrogen-bond acceptors (Lipinski definition) is 4. The van der Waals surface area contributed by atoms with Crippen molar-refractivity contribution < 1.29 is 4.74 Å². The van der Waals surface area contributed by atoms with Gasteiger partial charge in [0.05, 0.1) is 19.3 Å². The predicted molar refractivity (Wildman–Crippen MR) is 54.9 cm³/mol. The van der Waals surface area contributed by atoms with Gasteiger partial charge in [-0.1, -0.05) is 0 Å². The number of nitrogens with one attached hydrogen (secondary N) is 1. The first-order valence-electron chi connectivity index (χ1n) is 4.80. The van der Waals surface area contributed by atoms with Crippen molar-refractivity contribution in [1.29, 1.82) is 0 Å². The van der Waals surface area contributed by atoms with Gasteiger partial charge in [-0.15, -0.1) is 0 Å². The molecule has 76 valence electrons. The molecule has 2 heterocycles. The first-order valence-corrected chi connectivity index (χ1v) is 4.80. The van der Waals surface area contributed by atoms with Gasteiger partial charge in [0, 0.05) is 18.3 Å². The van der Waals surface area contributed by atoms with E-state index in [1.54, 1.807) is 6.20 Å². The van der Waals surface area contributed by atoms with Crippen LogP contribution >= 0.6 is 0 Å². The number of anilines is 1. The summed E-state index contributed by atoms with van der Waals surface area (Å²) in [7, 11) is 0. The van der Waals surface area contributed by atoms with Crippen molar-refractivity contribution in [2.75, 3.05) is 25.5 Å². The average molecular weight is 193 g/mol. The van der Waals surface area contributed by atoms with Crippen LogP contribution in [0, 0.1) is 6.92 Å². The number of aromatic nitrogens is 1. The monoisotopic (exact) mass is 193 g/mol. The van der Waals surface area contributed by atoms with Crippen molar-refractivity contribution in [3.63, 3.8) is 0 Å². The second kappa shape index (κ2) is 3.94. The van der Waals surface area contributed by atoms with Crippen LogP contribution in [0.25, 0.3) is 0 Å². The van der Waals surface area contributed by atoms with Gasteiger partial charge in [0.1, 0.15) is 5.82 Å². The Balaban J connectivity index is 2.24. The molecule has 4 nitrogen and oxygen atoms in total. The lowest BCUT2D eigenvalue weighted by Crippen LogP contribution is -2.35. The lowest BCUT2D eigenvalue weighted by molar-refractivity contribution is 0.0770. The highest BCUT2D eigenvalue weighted by molar-refractivity contribution is 5.43. The number of pyridine rings is 1. The number of nitrogens with zero attached hydrogens (tertiary/aromatic N) is 1. The summed E-state index contributed by atoms with van der Waals surface area (Å²) in [6.07, 6.45) is 1.78. The summed E-state index contributed by atoms with van der Waals surface area (Å²) < 4.78 is 5.39. The molecule has 1 aromatic heterocycles. The molecule has 0 unspecified atom stereocenters. The molecule has 14 heavy (non-hydrogen) atoms. The Hall–Kier alpha value is -1.13. The molecular formula is C10H15N3O. The van der Waals surface area contributed by atoms with E-state index < -0.39 is 0 Å². The molecule has 0 aliphatic carbocycles. The Kier molecular flexibility index (Phi) is 2.65. The summed E-state index contributed by atoms with van der Waals surface area (Å²) >= 11 is 0. The van der Waals surface area contributed by atoms with Gasteiger partial charge in [0.2, 0.25) is 0 Å². The molecule has 1 fully saturated rings. The molecule has 1 aliphatic heterocycles. The lowest BCUT2D eigenvalue weighted by Gasteiger charge is -2.24. The van der Waals surface area contributed by atoms with E-state index >= 15 is 0 Å². The summed E-state index contributed by atoms with van der Waals surface area (Å²) in [5, 5.41) is 3.36. The van der Waals surface area contributed by atoms with Crippen LogP contribution < -0.4 is 11.1 Å². The first kappa shape index (κ1) is 9.43. The van der Waals surface area contributed by atoms with E-state index in [9.17, 15) is 0 Å². The molecular weight excluding hydrogens is 178 g/mol. The third-order valence-corrected chi connectivity index (χ3v) is 2.38. The molecule has 3 N–H and O–H groups in total. The number of nitrogen functional groups attached to an aromatic ring is 1. The van der Waals surface area contributed by atoms with Gasteiger partial charge in [-0.05, 0) is 18.6 Å². The van der Waals surface area contributed by atoms with Gasteiger partial charge in [-0.3, -0.25) is 0 Å². The second-order valence-corrected chi connectivity index (χ2v) is 3.57. The van der Waals surface area contributed by atoms with E-state index in [1.165, 1.54) is 0 Å². The molecule has 1 atom stereocenters. The number of rotatable bonds is 1. The van der Waals surface area contributed by atoms with Gasteiger partial charge >= 0.3 is 0 Å². The van der Waals surface area contributed by atoms with E-state index in [2.05, 4.69) is 16.4 Å².